The van der Waals surface area contributed by atoms with Crippen LogP contribution in [0, 0.1) is 5.92 Å². The molecule has 2 unspecified atom stereocenters. The van der Waals surface area contributed by atoms with Crippen LogP contribution < -0.4 is 11.1 Å². The molecule has 4 heteroatoms. The van der Waals surface area contributed by atoms with Gasteiger partial charge in [0.05, 0.1) is 0 Å². The molecule has 0 saturated carbocycles. The Morgan fingerprint density at radius 3 is 3.00 bits per heavy atom. The maximum atomic E-state index is 5.69. The number of rotatable bonds is 6. The van der Waals surface area contributed by atoms with Gasteiger partial charge in [-0.3, -0.25) is 0 Å². The van der Waals surface area contributed by atoms with E-state index >= 15 is 0 Å². The second-order valence-electron chi connectivity index (χ2n) is 4.16. The first-order valence-corrected chi connectivity index (χ1v) is 7.02. The van der Waals surface area contributed by atoms with Crippen molar-refractivity contribution in [3.8, 4) is 0 Å². The highest BCUT2D eigenvalue weighted by Gasteiger charge is 2.20. The monoisotopic (exact) mass is 216 g/mol. The first-order chi connectivity index (χ1) is 6.84. The van der Waals surface area contributed by atoms with E-state index in [1.165, 1.54) is 35.9 Å². The normalized spacial score (nSPS) is 28.1. The van der Waals surface area contributed by atoms with Crippen LogP contribution in [0.3, 0.4) is 0 Å². The van der Waals surface area contributed by atoms with Gasteiger partial charge in [0.15, 0.2) is 0 Å². The molecule has 0 bridgehead atoms. The lowest BCUT2D eigenvalue weighted by atomic mass is 9.96. The third-order valence-electron chi connectivity index (χ3n) is 3.01. The van der Waals surface area contributed by atoms with Crippen LogP contribution in [0.4, 0.5) is 0 Å². The zero-order valence-electron chi connectivity index (χ0n) is 9.30. The summed E-state index contributed by atoms with van der Waals surface area (Å²) in [6, 6.07) is 0. The van der Waals surface area contributed by atoms with E-state index in [-0.39, 0.29) is 0 Å². The Bertz CT molecular complexity index is 146. The van der Waals surface area contributed by atoms with E-state index in [1.54, 1.807) is 0 Å². The van der Waals surface area contributed by atoms with E-state index in [0.29, 0.717) is 5.73 Å². The second kappa shape index (κ2) is 7.40. The van der Waals surface area contributed by atoms with Crippen LogP contribution in [0.2, 0.25) is 0 Å². The second-order valence-corrected chi connectivity index (χ2v) is 5.30. The minimum absolute atomic E-state index is 0.609. The molecular weight excluding hydrogens is 192 g/mol. The molecule has 3 nitrogen and oxygen atoms in total. The summed E-state index contributed by atoms with van der Waals surface area (Å²) < 4.78 is 5.69. The van der Waals surface area contributed by atoms with E-state index < -0.39 is 0 Å². The summed E-state index contributed by atoms with van der Waals surface area (Å²) in [7, 11) is 1.19. The van der Waals surface area contributed by atoms with Crippen LogP contribution in [0.1, 0.15) is 25.7 Å². The summed E-state index contributed by atoms with van der Waals surface area (Å²) >= 11 is 0. The molecule has 1 fully saturated rings. The lowest BCUT2D eigenvalue weighted by Gasteiger charge is -2.29. The summed E-state index contributed by atoms with van der Waals surface area (Å²) in [4.78, 5) is 0. The van der Waals surface area contributed by atoms with Crippen molar-refractivity contribution in [3.63, 3.8) is 0 Å². The minimum Gasteiger partial charge on any atom is -0.382 e. The molecule has 0 amide bonds. The van der Waals surface area contributed by atoms with Crippen molar-refractivity contribution < 1.29 is 4.74 Å². The van der Waals surface area contributed by atoms with Gasteiger partial charge in [-0.15, -0.1) is 0 Å². The predicted octanol–water partition coefficient (Wildman–Crippen LogP) is -0.567. The standard InChI is InChI=1S/C10H24N2OSi/c11-5-7-12-6-1-3-9-4-2-8-13-10(9)14/h9-10,12H,1-8,11H2,14H3. The molecule has 2 atom stereocenters. The van der Waals surface area contributed by atoms with E-state index in [4.69, 9.17) is 10.5 Å². The highest BCUT2D eigenvalue weighted by Crippen LogP contribution is 2.22. The van der Waals surface area contributed by atoms with Crippen LogP contribution in [-0.4, -0.2) is 42.2 Å². The number of hydrogen-bond acceptors (Lipinski definition) is 3. The van der Waals surface area contributed by atoms with Gasteiger partial charge in [0.1, 0.15) is 0 Å². The zero-order chi connectivity index (χ0) is 10.2. The summed E-state index contributed by atoms with van der Waals surface area (Å²) in [5, 5.41) is 3.33. The predicted molar refractivity (Wildman–Crippen MR) is 63.6 cm³/mol. The average Bonchev–Trinajstić information content (AvgIpc) is 2.20. The van der Waals surface area contributed by atoms with Gasteiger partial charge in [-0.25, -0.2) is 0 Å². The molecule has 1 heterocycles. The Hall–Kier alpha value is 0.0969. The Balaban J connectivity index is 1.99. The molecule has 0 radical (unpaired) electrons. The van der Waals surface area contributed by atoms with Gasteiger partial charge in [0.25, 0.3) is 0 Å². The molecule has 3 N–H and O–H groups in total. The Morgan fingerprint density at radius 1 is 1.43 bits per heavy atom. The smallest absolute Gasteiger partial charge is 0.0465 e. The van der Waals surface area contributed by atoms with Crippen LogP contribution in [0.5, 0.6) is 0 Å². The van der Waals surface area contributed by atoms with Crippen molar-refractivity contribution in [2.24, 2.45) is 11.7 Å². The number of nitrogens with two attached hydrogens (primary N) is 1. The van der Waals surface area contributed by atoms with Gasteiger partial charge in [0.2, 0.25) is 0 Å². The van der Waals surface area contributed by atoms with Gasteiger partial charge in [-0.2, -0.15) is 0 Å². The first-order valence-electron chi connectivity index (χ1n) is 5.87. The third-order valence-corrected chi connectivity index (χ3v) is 4.29. The van der Waals surface area contributed by atoms with E-state index in [0.717, 1.165) is 32.2 Å². The molecule has 0 aliphatic carbocycles. The van der Waals surface area contributed by atoms with Gasteiger partial charge < -0.3 is 15.8 Å². The van der Waals surface area contributed by atoms with E-state index in [1.807, 2.05) is 0 Å². The van der Waals surface area contributed by atoms with Crippen molar-refractivity contribution in [2.75, 3.05) is 26.2 Å². The van der Waals surface area contributed by atoms with Crippen molar-refractivity contribution in [1.29, 1.82) is 0 Å². The Kier molecular flexibility index (Phi) is 6.43. The van der Waals surface area contributed by atoms with Gasteiger partial charge in [-0.05, 0) is 38.1 Å². The first kappa shape index (κ1) is 12.2. The zero-order valence-corrected chi connectivity index (χ0v) is 11.3. The summed E-state index contributed by atoms with van der Waals surface area (Å²) in [6.45, 7) is 3.80. The SMILES string of the molecule is NCCNCCCC1CCCOC1[SiH3]. The summed E-state index contributed by atoms with van der Waals surface area (Å²) in [5.74, 6) is 0.843. The number of ether oxygens (including phenoxy) is 1. The summed E-state index contributed by atoms with van der Waals surface area (Å²) in [5.41, 5.74) is 6.01. The number of nitrogens with one attached hydrogen (secondary N) is 1. The molecule has 14 heavy (non-hydrogen) atoms. The highest BCUT2D eigenvalue weighted by molar-refractivity contribution is 6.11. The van der Waals surface area contributed by atoms with E-state index in [9.17, 15) is 0 Å². The molecule has 1 aliphatic heterocycles. The summed E-state index contributed by atoms with van der Waals surface area (Å²) in [6.07, 6.45) is 5.24. The number of hydrogen-bond donors (Lipinski definition) is 2. The third kappa shape index (κ3) is 4.55. The van der Waals surface area contributed by atoms with Gasteiger partial charge in [-0.1, -0.05) is 0 Å². The van der Waals surface area contributed by atoms with Crippen LogP contribution in [0.25, 0.3) is 0 Å². The molecule has 1 saturated heterocycles. The fraction of sp³-hybridized carbons (Fsp3) is 1.00. The van der Waals surface area contributed by atoms with Crippen LogP contribution in [-0.2, 0) is 4.74 Å². The Morgan fingerprint density at radius 2 is 2.29 bits per heavy atom. The minimum atomic E-state index is 0.609. The van der Waals surface area contributed by atoms with Crippen molar-refractivity contribution in [2.45, 2.75) is 31.4 Å². The Labute approximate surface area is 90.2 Å². The van der Waals surface area contributed by atoms with Crippen LogP contribution in [0.15, 0.2) is 0 Å². The van der Waals surface area contributed by atoms with Gasteiger partial charge >= 0.3 is 0 Å². The molecule has 1 rings (SSSR count). The molecule has 0 aromatic carbocycles. The maximum absolute atomic E-state index is 5.69. The fourth-order valence-corrected chi connectivity index (χ4v) is 2.98. The lowest BCUT2D eigenvalue weighted by Crippen LogP contribution is -2.31. The molecular formula is C10H24N2OSi. The largest absolute Gasteiger partial charge is 0.382 e. The average molecular weight is 216 g/mol. The highest BCUT2D eigenvalue weighted by atomic mass is 28.1. The molecule has 84 valence electrons. The topological polar surface area (TPSA) is 47.3 Å². The molecule has 0 aromatic heterocycles. The van der Waals surface area contributed by atoms with E-state index in [2.05, 4.69) is 5.32 Å². The maximum Gasteiger partial charge on any atom is 0.0465 e. The van der Waals surface area contributed by atoms with Crippen LogP contribution >= 0.6 is 0 Å². The fourth-order valence-electron chi connectivity index (χ4n) is 2.08. The molecule has 0 spiro atoms. The van der Waals surface area contributed by atoms with Crippen molar-refractivity contribution in [3.05, 3.63) is 0 Å². The van der Waals surface area contributed by atoms with Crippen molar-refractivity contribution in [1.82, 2.24) is 5.32 Å². The van der Waals surface area contributed by atoms with Gasteiger partial charge in [0, 0.05) is 35.7 Å². The molecule has 1 aliphatic rings. The van der Waals surface area contributed by atoms with Crippen molar-refractivity contribution >= 4 is 10.2 Å². The lowest BCUT2D eigenvalue weighted by molar-refractivity contribution is 0.0211. The quantitative estimate of drug-likeness (QED) is 0.462. The molecule has 0 aromatic rings.